The van der Waals surface area contributed by atoms with E-state index >= 15 is 0 Å². The second kappa shape index (κ2) is 4.58. The number of nitrogens with two attached hydrogens (primary N) is 1. The van der Waals surface area contributed by atoms with Crippen molar-refractivity contribution in [1.29, 1.82) is 0 Å². The third kappa shape index (κ3) is 1.95. The molecule has 4 nitrogen and oxygen atoms in total. The van der Waals surface area contributed by atoms with E-state index in [-0.39, 0.29) is 11.6 Å². The van der Waals surface area contributed by atoms with Crippen LogP contribution in [0.3, 0.4) is 0 Å². The minimum absolute atomic E-state index is 0.0775. The number of hydrogen-bond acceptors (Lipinski definition) is 4. The van der Waals surface area contributed by atoms with Crippen LogP contribution in [-0.2, 0) is 4.79 Å². The van der Waals surface area contributed by atoms with Crippen LogP contribution < -0.4 is 10.6 Å². The molecule has 1 aliphatic carbocycles. The van der Waals surface area contributed by atoms with Crippen LogP contribution in [0.2, 0.25) is 0 Å². The molecule has 0 saturated heterocycles. The van der Waals surface area contributed by atoms with Crippen LogP contribution in [0.1, 0.15) is 35.7 Å². The average molecular weight is 337 g/mol. The summed E-state index contributed by atoms with van der Waals surface area (Å²) in [5.41, 5.74) is 8.99. The van der Waals surface area contributed by atoms with E-state index in [0.29, 0.717) is 23.8 Å². The van der Waals surface area contributed by atoms with E-state index in [0.717, 1.165) is 28.6 Å². The van der Waals surface area contributed by atoms with Crippen LogP contribution in [0.4, 0.5) is 11.4 Å². The van der Waals surface area contributed by atoms with Gasteiger partial charge in [-0.15, -0.1) is 0 Å². The lowest BCUT2D eigenvalue weighted by Gasteiger charge is -2.36. The lowest BCUT2D eigenvalue weighted by molar-refractivity contribution is -0.119. The van der Waals surface area contributed by atoms with Gasteiger partial charge < -0.3 is 10.6 Å². The summed E-state index contributed by atoms with van der Waals surface area (Å²) in [5.74, 6) is -0.783. The topological polar surface area (TPSA) is 63.4 Å². The second-order valence-electron chi connectivity index (χ2n) is 5.71. The van der Waals surface area contributed by atoms with Crippen LogP contribution >= 0.6 is 15.9 Å². The fraction of sp³-hybridized carbons (Fsp3) is 0.467. The number of ketones is 2. The average Bonchev–Trinajstić information content (AvgIpc) is 3.19. The molecule has 1 aliphatic heterocycles. The molecule has 1 saturated carbocycles. The third-order valence-electron chi connectivity index (χ3n) is 4.23. The van der Waals surface area contributed by atoms with Gasteiger partial charge in [-0.2, -0.15) is 0 Å². The Balaban J connectivity index is 2.22. The molecule has 20 heavy (non-hydrogen) atoms. The minimum atomic E-state index is -0.578. The maximum atomic E-state index is 12.6. The van der Waals surface area contributed by atoms with Crippen LogP contribution in [0.15, 0.2) is 10.5 Å². The highest BCUT2D eigenvalue weighted by molar-refractivity contribution is 9.10. The van der Waals surface area contributed by atoms with Gasteiger partial charge in [0.2, 0.25) is 0 Å². The van der Waals surface area contributed by atoms with Crippen molar-refractivity contribution in [3.63, 3.8) is 0 Å². The third-order valence-corrected chi connectivity index (χ3v) is 5.05. The van der Waals surface area contributed by atoms with E-state index in [1.54, 1.807) is 6.07 Å². The Hall–Kier alpha value is -1.36. The van der Waals surface area contributed by atoms with Crippen molar-refractivity contribution >= 4 is 38.9 Å². The van der Waals surface area contributed by atoms with Gasteiger partial charge in [0, 0.05) is 22.7 Å². The first-order valence-electron chi connectivity index (χ1n) is 6.81. The molecule has 1 atom stereocenters. The van der Waals surface area contributed by atoms with Gasteiger partial charge in [0.15, 0.2) is 5.78 Å². The number of nitrogen functional groups attached to an aromatic ring is 1. The van der Waals surface area contributed by atoms with E-state index in [1.807, 2.05) is 6.92 Å². The minimum Gasteiger partial charge on any atom is -0.398 e. The second-order valence-corrected chi connectivity index (χ2v) is 6.56. The molecular weight excluding hydrogens is 320 g/mol. The first kappa shape index (κ1) is 13.6. The summed E-state index contributed by atoms with van der Waals surface area (Å²) < 4.78 is 0.911. The predicted octanol–water partition coefficient (Wildman–Crippen LogP) is 2.71. The van der Waals surface area contributed by atoms with Gasteiger partial charge in [0.1, 0.15) is 5.78 Å². The number of fused-ring (bicyclic) bond motifs is 1. The fourth-order valence-electron chi connectivity index (χ4n) is 2.95. The fourth-order valence-corrected chi connectivity index (χ4v) is 3.38. The van der Waals surface area contributed by atoms with Crippen LogP contribution in [-0.4, -0.2) is 24.2 Å². The molecule has 0 bridgehead atoms. The van der Waals surface area contributed by atoms with Crippen LogP contribution in [0, 0.1) is 12.8 Å². The molecule has 0 spiro atoms. The Morgan fingerprint density at radius 1 is 1.45 bits per heavy atom. The molecule has 0 radical (unpaired) electrons. The lowest BCUT2D eigenvalue weighted by atomic mass is 9.86. The van der Waals surface area contributed by atoms with Crippen molar-refractivity contribution in [1.82, 2.24) is 0 Å². The Labute approximate surface area is 126 Å². The number of Topliss-reactive ketones (excluding diaryl/α,β-unsaturated/α-hetero) is 2. The van der Waals surface area contributed by atoms with Gasteiger partial charge in [-0.1, -0.05) is 15.9 Å². The Kier molecular flexibility index (Phi) is 3.12. The largest absolute Gasteiger partial charge is 0.398 e. The molecule has 0 aromatic heterocycles. The molecule has 1 unspecified atom stereocenters. The number of rotatable bonds is 2. The molecule has 5 heteroatoms. The van der Waals surface area contributed by atoms with Crippen molar-refractivity contribution in [2.24, 2.45) is 5.92 Å². The number of benzene rings is 1. The first-order chi connectivity index (χ1) is 9.41. The van der Waals surface area contributed by atoms with Gasteiger partial charge in [-0.25, -0.2) is 0 Å². The van der Waals surface area contributed by atoms with Gasteiger partial charge in [0.25, 0.3) is 0 Å². The normalized spacial score (nSPS) is 21.9. The van der Waals surface area contributed by atoms with Crippen LogP contribution in [0.5, 0.6) is 0 Å². The SMILES string of the molecule is CC(=O)C1CN(C2CC2)c2c(C)c(Br)cc(N)c2C1=O. The molecule has 1 fully saturated rings. The summed E-state index contributed by atoms with van der Waals surface area (Å²) in [4.78, 5) is 26.6. The smallest absolute Gasteiger partial charge is 0.179 e. The molecule has 106 valence electrons. The van der Waals surface area contributed by atoms with Crippen LogP contribution in [0.25, 0.3) is 0 Å². The van der Waals surface area contributed by atoms with E-state index in [9.17, 15) is 9.59 Å². The van der Waals surface area contributed by atoms with Crippen molar-refractivity contribution in [2.75, 3.05) is 17.2 Å². The molecular formula is C15H17BrN2O2. The lowest BCUT2D eigenvalue weighted by Crippen LogP contribution is -2.44. The summed E-state index contributed by atoms with van der Waals surface area (Å²) in [6.07, 6.45) is 2.23. The zero-order chi connectivity index (χ0) is 14.6. The quantitative estimate of drug-likeness (QED) is 0.666. The molecule has 1 heterocycles. The Bertz CT molecular complexity index is 623. The highest BCUT2D eigenvalue weighted by Crippen LogP contribution is 2.44. The maximum Gasteiger partial charge on any atom is 0.179 e. The number of anilines is 2. The number of carbonyl (C=O) groups is 2. The molecule has 1 aromatic carbocycles. The van der Waals surface area contributed by atoms with E-state index in [1.165, 1.54) is 6.92 Å². The number of carbonyl (C=O) groups excluding carboxylic acids is 2. The monoisotopic (exact) mass is 336 g/mol. The number of hydrogen-bond donors (Lipinski definition) is 1. The molecule has 1 aromatic rings. The predicted molar refractivity (Wildman–Crippen MR) is 82.2 cm³/mol. The standard InChI is InChI=1S/C15H17BrN2O2/c1-7-11(16)5-12(17)13-14(7)18(9-3-4-9)6-10(8(2)19)15(13)20/h5,9-10H,3-4,6,17H2,1-2H3. The van der Waals surface area contributed by atoms with Crippen molar-refractivity contribution < 1.29 is 9.59 Å². The highest BCUT2D eigenvalue weighted by Gasteiger charge is 2.42. The number of nitrogens with zero attached hydrogens (tertiary/aromatic N) is 1. The van der Waals surface area contributed by atoms with E-state index < -0.39 is 5.92 Å². The van der Waals surface area contributed by atoms with Gasteiger partial charge in [-0.05, 0) is 38.3 Å². The van der Waals surface area contributed by atoms with Gasteiger partial charge in [-0.3, -0.25) is 9.59 Å². The summed E-state index contributed by atoms with van der Waals surface area (Å²) in [5, 5.41) is 0. The molecule has 3 rings (SSSR count). The maximum absolute atomic E-state index is 12.6. The first-order valence-corrected chi connectivity index (χ1v) is 7.61. The molecule has 2 aliphatic rings. The summed E-state index contributed by atoms with van der Waals surface area (Å²) in [7, 11) is 0. The zero-order valence-electron chi connectivity index (χ0n) is 11.6. The Morgan fingerprint density at radius 3 is 2.65 bits per heavy atom. The van der Waals surface area contributed by atoms with E-state index in [2.05, 4.69) is 20.8 Å². The Morgan fingerprint density at radius 2 is 2.10 bits per heavy atom. The summed E-state index contributed by atoms with van der Waals surface area (Å²) in [6, 6.07) is 2.20. The number of halogens is 1. The molecule has 2 N–H and O–H groups in total. The van der Waals surface area contributed by atoms with Crippen molar-refractivity contribution in [2.45, 2.75) is 32.7 Å². The zero-order valence-corrected chi connectivity index (χ0v) is 13.2. The van der Waals surface area contributed by atoms with Crippen molar-refractivity contribution in [3.8, 4) is 0 Å². The summed E-state index contributed by atoms with van der Waals surface area (Å²) in [6.45, 7) is 3.96. The molecule has 0 amide bonds. The summed E-state index contributed by atoms with van der Waals surface area (Å²) >= 11 is 3.50. The van der Waals surface area contributed by atoms with Gasteiger partial charge >= 0.3 is 0 Å². The highest BCUT2D eigenvalue weighted by atomic mass is 79.9. The van der Waals surface area contributed by atoms with E-state index in [4.69, 9.17) is 5.73 Å². The van der Waals surface area contributed by atoms with Crippen molar-refractivity contribution in [3.05, 3.63) is 21.7 Å². The van der Waals surface area contributed by atoms with Gasteiger partial charge in [0.05, 0.1) is 17.2 Å².